The van der Waals surface area contributed by atoms with Gasteiger partial charge in [-0.1, -0.05) is 0 Å². The number of aromatic nitrogens is 3. The van der Waals surface area contributed by atoms with Crippen molar-refractivity contribution in [3.63, 3.8) is 0 Å². The molecule has 1 amide bonds. The predicted octanol–water partition coefficient (Wildman–Crippen LogP) is 2.24. The maximum absolute atomic E-state index is 12.8. The number of ether oxygens (including phenoxy) is 2. The largest absolute Gasteiger partial charge is 0.870 e. The number of anilines is 1. The molecule has 1 aliphatic rings. The second-order valence-corrected chi connectivity index (χ2v) is 11.1. The molecule has 0 unspecified atom stereocenters. The fraction of sp³-hybridized carbons (Fsp3) is 0.188. The molecular weight excluding hydrogens is 495 g/mol. The molecule has 0 aromatic carbocycles. The molecule has 3 rings (SSSR count). The van der Waals surface area contributed by atoms with Gasteiger partial charge >= 0.3 is 171 Å². The quantitative estimate of drug-likeness (QED) is 0.615. The second-order valence-electron chi connectivity index (χ2n) is 5.29. The minimum atomic E-state index is -1.12. The van der Waals surface area contributed by atoms with Crippen molar-refractivity contribution in [2.24, 2.45) is 0 Å². The Kier molecular flexibility index (Phi) is 7.54. The smallest absolute Gasteiger partial charge is 0.870 e. The molecule has 27 heavy (non-hydrogen) atoms. The SMILES string of the molecule is COc1nnc(NC(=O)C2=[CH][In]=[C](C)C=C2c2cc(Cl)ncc2OC)s1.[OH-]. The molecule has 3 heterocycles. The maximum atomic E-state index is 12.8. The third kappa shape index (κ3) is 4.95. The first-order valence-corrected chi connectivity index (χ1v) is 12.3. The number of methoxy groups -OCH3 is 2. The predicted molar refractivity (Wildman–Crippen MR) is 105 cm³/mol. The van der Waals surface area contributed by atoms with Gasteiger partial charge in [-0.3, -0.25) is 0 Å². The second kappa shape index (κ2) is 9.45. The van der Waals surface area contributed by atoms with Gasteiger partial charge in [0.2, 0.25) is 0 Å². The molecule has 0 radical (unpaired) electrons. The molecule has 2 aromatic rings. The fourth-order valence-corrected chi connectivity index (χ4v) is 6.01. The van der Waals surface area contributed by atoms with E-state index in [9.17, 15) is 4.79 Å². The summed E-state index contributed by atoms with van der Waals surface area (Å²) >= 11 is 6.11. The van der Waals surface area contributed by atoms with Crippen LogP contribution in [-0.4, -0.2) is 66.5 Å². The Labute approximate surface area is 175 Å². The van der Waals surface area contributed by atoms with Gasteiger partial charge in [-0.15, -0.1) is 0 Å². The third-order valence-electron chi connectivity index (χ3n) is 3.57. The van der Waals surface area contributed by atoms with Crippen LogP contribution in [0.3, 0.4) is 0 Å². The van der Waals surface area contributed by atoms with Crippen LogP contribution in [0.1, 0.15) is 12.5 Å². The Morgan fingerprint density at radius 3 is 2.74 bits per heavy atom. The van der Waals surface area contributed by atoms with Gasteiger partial charge in [0.05, 0.1) is 0 Å². The van der Waals surface area contributed by atoms with Crippen molar-refractivity contribution in [1.82, 2.24) is 15.2 Å². The first-order valence-electron chi connectivity index (χ1n) is 7.51. The van der Waals surface area contributed by atoms with Crippen LogP contribution in [0.5, 0.6) is 10.9 Å². The van der Waals surface area contributed by atoms with E-state index in [2.05, 4.69) is 31.3 Å². The number of carbonyl (C=O) groups excluding carboxylic acids is 1. The van der Waals surface area contributed by atoms with Crippen molar-refractivity contribution in [3.8, 4) is 10.9 Å². The zero-order chi connectivity index (χ0) is 18.7. The van der Waals surface area contributed by atoms with Gasteiger partial charge in [0.1, 0.15) is 0 Å². The number of halogens is 1. The van der Waals surface area contributed by atoms with E-state index < -0.39 is 22.4 Å². The minimum absolute atomic E-state index is 0. The summed E-state index contributed by atoms with van der Waals surface area (Å²) in [5.74, 6) is 0.309. The van der Waals surface area contributed by atoms with Crippen molar-refractivity contribution in [2.45, 2.75) is 6.92 Å². The summed E-state index contributed by atoms with van der Waals surface area (Å²) in [5, 5.41) is 11.6. The Morgan fingerprint density at radius 2 is 2.07 bits per heavy atom. The average Bonchev–Trinajstić information content (AvgIpc) is 3.09. The summed E-state index contributed by atoms with van der Waals surface area (Å²) in [6.07, 6.45) is 3.58. The van der Waals surface area contributed by atoms with E-state index in [0.717, 1.165) is 22.5 Å². The number of pyridine rings is 1. The Morgan fingerprint density at radius 1 is 1.30 bits per heavy atom. The van der Waals surface area contributed by atoms with E-state index in [1.54, 1.807) is 19.4 Å². The van der Waals surface area contributed by atoms with Crippen LogP contribution in [-0.2, 0) is 4.79 Å². The van der Waals surface area contributed by atoms with E-state index >= 15 is 0 Å². The molecule has 0 fully saturated rings. The number of hydrogen-bond acceptors (Lipinski definition) is 8. The van der Waals surface area contributed by atoms with E-state index in [1.165, 1.54) is 10.4 Å². The fourth-order valence-electron chi connectivity index (χ4n) is 2.38. The summed E-state index contributed by atoms with van der Waals surface area (Å²) in [4.78, 5) is 16.9. The standard InChI is InChI=1S/C16H14ClN4O3S.In.H2O/c1-5-6-10(11-7-13(17)18-8-12(11)23-3)9(2)14(22)19-15-20-21-16(24-4)25-15;;/h2,6-8H,1,3-4H3,(H,19,20,22);;1H2/p-1. The Hall–Kier alpha value is -1.75. The molecule has 0 saturated carbocycles. The van der Waals surface area contributed by atoms with E-state index in [4.69, 9.17) is 21.1 Å². The molecule has 1 aliphatic heterocycles. The summed E-state index contributed by atoms with van der Waals surface area (Å²) < 4.78 is 13.8. The number of allylic oxidation sites excluding steroid dienone is 1. The first-order chi connectivity index (χ1) is 12.5. The maximum Gasteiger partial charge on any atom is -0.870 e. The summed E-state index contributed by atoms with van der Waals surface area (Å²) in [6, 6.07) is 1.70. The molecule has 0 spiro atoms. The minimum Gasteiger partial charge on any atom is -0.870 e. The molecule has 8 nitrogen and oxygen atoms in total. The number of nitrogens with zero attached hydrogens (tertiary/aromatic N) is 3. The number of nitrogens with one attached hydrogen (secondary N) is 1. The zero-order valence-corrected chi connectivity index (χ0v) is 19.6. The van der Waals surface area contributed by atoms with Gasteiger partial charge in [0.25, 0.3) is 0 Å². The van der Waals surface area contributed by atoms with Crippen molar-refractivity contribution in [2.75, 3.05) is 19.5 Å². The van der Waals surface area contributed by atoms with Crippen LogP contribution in [0, 0.1) is 0 Å². The van der Waals surface area contributed by atoms with Gasteiger partial charge in [0, 0.05) is 0 Å². The van der Waals surface area contributed by atoms with Crippen molar-refractivity contribution in [3.05, 3.63) is 38.5 Å². The van der Waals surface area contributed by atoms with Gasteiger partial charge < -0.3 is 5.48 Å². The molecule has 0 bridgehead atoms. The molecule has 0 saturated heterocycles. The summed E-state index contributed by atoms with van der Waals surface area (Å²) in [5.41, 5.74) is 2.08. The molecule has 140 valence electrons. The van der Waals surface area contributed by atoms with Gasteiger partial charge in [-0.2, -0.15) is 0 Å². The van der Waals surface area contributed by atoms with E-state index in [1.807, 2.05) is 6.08 Å². The number of rotatable bonds is 5. The van der Waals surface area contributed by atoms with Crippen LogP contribution in [0.2, 0.25) is 5.15 Å². The van der Waals surface area contributed by atoms with Gasteiger partial charge in [0.15, 0.2) is 0 Å². The van der Waals surface area contributed by atoms with Crippen molar-refractivity contribution in [1.29, 1.82) is 0 Å². The van der Waals surface area contributed by atoms with E-state index in [-0.39, 0.29) is 11.4 Å². The third-order valence-corrected chi connectivity index (χ3v) is 7.98. The molecule has 11 heteroatoms. The van der Waals surface area contributed by atoms with Crippen LogP contribution in [0.4, 0.5) is 5.13 Å². The molecule has 0 atom stereocenters. The van der Waals surface area contributed by atoms with Crippen LogP contribution in [0.25, 0.3) is 5.57 Å². The summed E-state index contributed by atoms with van der Waals surface area (Å²) in [6.45, 7) is 2.08. The van der Waals surface area contributed by atoms with Gasteiger partial charge in [-0.05, 0) is 0 Å². The molecular formula is C16H15ClInN4O4S-. The zero-order valence-electron chi connectivity index (χ0n) is 14.7. The molecule has 0 aliphatic carbocycles. The molecule has 2 N–H and O–H groups in total. The monoisotopic (exact) mass is 509 g/mol. The van der Waals surface area contributed by atoms with Crippen molar-refractivity contribution < 1.29 is 19.7 Å². The Bertz CT molecular complexity index is 958. The van der Waals surface area contributed by atoms with Gasteiger partial charge in [-0.25, -0.2) is 0 Å². The topological polar surface area (TPSA) is 116 Å². The summed E-state index contributed by atoms with van der Waals surface area (Å²) in [7, 11) is 3.06. The first kappa shape index (κ1) is 21.5. The molecule has 2 aromatic heterocycles. The van der Waals surface area contributed by atoms with Crippen LogP contribution in [0.15, 0.2) is 27.7 Å². The average molecular weight is 510 g/mol. The normalized spacial score (nSPS) is 12.7. The Balaban J connectivity index is 0.00000261. The number of amides is 1. The van der Waals surface area contributed by atoms with Crippen LogP contribution < -0.4 is 14.8 Å². The van der Waals surface area contributed by atoms with E-state index in [0.29, 0.717) is 26.8 Å². The number of carbonyl (C=O) groups is 1. The van der Waals surface area contributed by atoms with Crippen molar-refractivity contribution >= 4 is 65.2 Å². The number of hydrogen-bond donors (Lipinski definition) is 1. The van der Waals surface area contributed by atoms with Crippen LogP contribution >= 0.6 is 22.9 Å².